The number of nitrogens with zero attached hydrogens (tertiary/aromatic N) is 2. The molecule has 0 saturated carbocycles. The van der Waals surface area contributed by atoms with Crippen LogP contribution in [0.15, 0.2) is 24.5 Å². The number of piperidine rings is 1. The molecule has 1 fully saturated rings. The zero-order valence-electron chi connectivity index (χ0n) is 9.84. The van der Waals surface area contributed by atoms with Gasteiger partial charge in [-0.15, -0.1) is 0 Å². The van der Waals surface area contributed by atoms with Gasteiger partial charge < -0.3 is 10.0 Å². The van der Waals surface area contributed by atoms with Crippen molar-refractivity contribution in [3.8, 4) is 0 Å². The second kappa shape index (κ2) is 5.41. The maximum absolute atomic E-state index is 10.1. The van der Waals surface area contributed by atoms with E-state index in [9.17, 15) is 5.11 Å². The Morgan fingerprint density at radius 3 is 2.62 bits per heavy atom. The fourth-order valence-corrected chi connectivity index (χ4v) is 2.18. The van der Waals surface area contributed by atoms with Crippen molar-refractivity contribution in [3.63, 3.8) is 0 Å². The number of β-amino-alcohol motifs (C(OH)–C–C–N with tert-alkyl or cyclic N) is 1. The number of aliphatic hydroxyl groups is 1. The van der Waals surface area contributed by atoms with Crippen LogP contribution in [-0.2, 0) is 0 Å². The molecule has 0 amide bonds. The van der Waals surface area contributed by atoms with Crippen LogP contribution in [0, 0.1) is 5.92 Å². The molecule has 1 unspecified atom stereocenters. The number of likely N-dealkylation sites (tertiary alicyclic amines) is 1. The van der Waals surface area contributed by atoms with Gasteiger partial charge in [0.15, 0.2) is 0 Å². The molecule has 0 radical (unpaired) electrons. The second-order valence-electron chi connectivity index (χ2n) is 4.78. The number of rotatable bonds is 3. The summed E-state index contributed by atoms with van der Waals surface area (Å²) in [5.74, 6) is 0.842. The number of aromatic nitrogens is 1. The highest BCUT2D eigenvalue weighted by Crippen LogP contribution is 2.19. The summed E-state index contributed by atoms with van der Waals surface area (Å²) in [5.41, 5.74) is 0.966. The summed E-state index contributed by atoms with van der Waals surface area (Å²) >= 11 is 0. The SMILES string of the molecule is CC1CCN(CC(O)c2ccncc2)CC1. The van der Waals surface area contributed by atoms with Gasteiger partial charge >= 0.3 is 0 Å². The summed E-state index contributed by atoms with van der Waals surface area (Å²) in [5, 5.41) is 10.1. The quantitative estimate of drug-likeness (QED) is 0.844. The molecule has 1 atom stereocenters. The van der Waals surface area contributed by atoms with Gasteiger partial charge in [-0.25, -0.2) is 0 Å². The van der Waals surface area contributed by atoms with Crippen molar-refractivity contribution in [2.75, 3.05) is 19.6 Å². The first-order chi connectivity index (χ1) is 7.75. The lowest BCUT2D eigenvalue weighted by Crippen LogP contribution is -2.35. The van der Waals surface area contributed by atoms with E-state index in [2.05, 4.69) is 16.8 Å². The lowest BCUT2D eigenvalue weighted by molar-refractivity contribution is 0.0915. The largest absolute Gasteiger partial charge is 0.387 e. The average Bonchev–Trinajstić information content (AvgIpc) is 2.33. The van der Waals surface area contributed by atoms with Crippen molar-refractivity contribution in [2.24, 2.45) is 5.92 Å². The number of hydrogen-bond acceptors (Lipinski definition) is 3. The Morgan fingerprint density at radius 1 is 1.38 bits per heavy atom. The minimum absolute atomic E-state index is 0.378. The molecule has 0 aliphatic carbocycles. The monoisotopic (exact) mass is 220 g/mol. The van der Waals surface area contributed by atoms with Crippen LogP contribution in [0.25, 0.3) is 0 Å². The highest BCUT2D eigenvalue weighted by Gasteiger charge is 2.18. The van der Waals surface area contributed by atoms with Crippen molar-refractivity contribution in [1.29, 1.82) is 0 Å². The summed E-state index contributed by atoms with van der Waals surface area (Å²) < 4.78 is 0. The third kappa shape index (κ3) is 3.03. The lowest BCUT2D eigenvalue weighted by Gasteiger charge is -2.31. The van der Waals surface area contributed by atoms with Crippen LogP contribution in [0.4, 0.5) is 0 Å². The highest BCUT2D eigenvalue weighted by molar-refractivity contribution is 5.13. The van der Waals surface area contributed by atoms with Gasteiger partial charge in [-0.05, 0) is 49.5 Å². The van der Waals surface area contributed by atoms with Crippen molar-refractivity contribution >= 4 is 0 Å². The van der Waals surface area contributed by atoms with E-state index < -0.39 is 0 Å². The topological polar surface area (TPSA) is 36.4 Å². The van der Waals surface area contributed by atoms with E-state index >= 15 is 0 Å². The van der Waals surface area contributed by atoms with Crippen LogP contribution in [0.5, 0.6) is 0 Å². The Balaban J connectivity index is 1.86. The third-order valence-corrected chi connectivity index (χ3v) is 3.40. The van der Waals surface area contributed by atoms with Crippen molar-refractivity contribution in [1.82, 2.24) is 9.88 Å². The van der Waals surface area contributed by atoms with Gasteiger partial charge in [-0.3, -0.25) is 4.98 Å². The molecule has 0 spiro atoms. The van der Waals surface area contributed by atoms with Gasteiger partial charge in [-0.2, -0.15) is 0 Å². The summed E-state index contributed by atoms with van der Waals surface area (Å²) in [7, 11) is 0. The van der Waals surface area contributed by atoms with E-state index in [1.54, 1.807) is 12.4 Å². The summed E-state index contributed by atoms with van der Waals surface area (Å²) in [6, 6.07) is 3.77. The van der Waals surface area contributed by atoms with Crippen molar-refractivity contribution in [2.45, 2.75) is 25.9 Å². The van der Waals surface area contributed by atoms with E-state index in [0.717, 1.165) is 31.1 Å². The van der Waals surface area contributed by atoms with Crippen LogP contribution in [-0.4, -0.2) is 34.6 Å². The number of pyridine rings is 1. The van der Waals surface area contributed by atoms with Crippen LogP contribution >= 0.6 is 0 Å². The third-order valence-electron chi connectivity index (χ3n) is 3.40. The number of hydrogen-bond donors (Lipinski definition) is 1. The molecule has 88 valence electrons. The van der Waals surface area contributed by atoms with Gasteiger partial charge in [0.2, 0.25) is 0 Å². The van der Waals surface area contributed by atoms with E-state index in [-0.39, 0.29) is 6.10 Å². The highest BCUT2D eigenvalue weighted by atomic mass is 16.3. The molecule has 1 aromatic heterocycles. The lowest BCUT2D eigenvalue weighted by atomic mass is 9.98. The predicted octanol–water partition coefficient (Wildman–Crippen LogP) is 1.85. The van der Waals surface area contributed by atoms with E-state index in [1.807, 2.05) is 12.1 Å². The Labute approximate surface area is 97.1 Å². The molecule has 2 rings (SSSR count). The summed E-state index contributed by atoms with van der Waals surface area (Å²) in [6.07, 6.45) is 5.59. The molecule has 3 heteroatoms. The second-order valence-corrected chi connectivity index (χ2v) is 4.78. The first kappa shape index (κ1) is 11.6. The van der Waals surface area contributed by atoms with Gasteiger partial charge in [-0.1, -0.05) is 6.92 Å². The Bertz CT molecular complexity index is 307. The van der Waals surface area contributed by atoms with E-state index in [1.165, 1.54) is 12.8 Å². The predicted molar refractivity (Wildman–Crippen MR) is 64.0 cm³/mol. The van der Waals surface area contributed by atoms with E-state index in [4.69, 9.17) is 0 Å². The molecule has 3 nitrogen and oxygen atoms in total. The maximum Gasteiger partial charge on any atom is 0.0918 e. The zero-order chi connectivity index (χ0) is 11.4. The molecule has 1 aliphatic heterocycles. The molecule has 1 aromatic rings. The molecule has 16 heavy (non-hydrogen) atoms. The van der Waals surface area contributed by atoms with Crippen LogP contribution in [0.3, 0.4) is 0 Å². The molecule has 0 bridgehead atoms. The fraction of sp³-hybridized carbons (Fsp3) is 0.615. The fourth-order valence-electron chi connectivity index (χ4n) is 2.18. The molecule has 1 saturated heterocycles. The molecule has 1 N–H and O–H groups in total. The summed E-state index contributed by atoms with van der Waals surface area (Å²) in [4.78, 5) is 6.31. The Kier molecular flexibility index (Phi) is 3.91. The number of aliphatic hydroxyl groups excluding tert-OH is 1. The molecule has 2 heterocycles. The summed E-state index contributed by atoms with van der Waals surface area (Å²) in [6.45, 7) is 5.28. The Morgan fingerprint density at radius 2 is 2.00 bits per heavy atom. The van der Waals surface area contributed by atoms with E-state index in [0.29, 0.717) is 0 Å². The van der Waals surface area contributed by atoms with Crippen molar-refractivity contribution < 1.29 is 5.11 Å². The van der Waals surface area contributed by atoms with Crippen LogP contribution in [0.2, 0.25) is 0 Å². The smallest absolute Gasteiger partial charge is 0.0918 e. The van der Waals surface area contributed by atoms with Crippen LogP contribution in [0.1, 0.15) is 31.4 Å². The first-order valence-corrected chi connectivity index (χ1v) is 6.06. The first-order valence-electron chi connectivity index (χ1n) is 6.06. The normalized spacial score (nSPS) is 20.9. The minimum atomic E-state index is -0.378. The maximum atomic E-state index is 10.1. The average molecular weight is 220 g/mol. The molecular formula is C13H20N2O. The van der Waals surface area contributed by atoms with Gasteiger partial charge in [0.05, 0.1) is 6.10 Å². The standard InChI is InChI=1S/C13H20N2O/c1-11-4-8-15(9-5-11)10-13(16)12-2-6-14-7-3-12/h2-3,6-7,11,13,16H,4-5,8-10H2,1H3. The van der Waals surface area contributed by atoms with Gasteiger partial charge in [0.25, 0.3) is 0 Å². The minimum Gasteiger partial charge on any atom is -0.387 e. The molecule has 0 aromatic carbocycles. The van der Waals surface area contributed by atoms with Crippen molar-refractivity contribution in [3.05, 3.63) is 30.1 Å². The molecular weight excluding hydrogens is 200 g/mol. The Hall–Kier alpha value is -0.930. The molecule has 1 aliphatic rings. The van der Waals surface area contributed by atoms with Gasteiger partial charge in [0, 0.05) is 18.9 Å². The zero-order valence-corrected chi connectivity index (χ0v) is 9.84. The van der Waals surface area contributed by atoms with Crippen LogP contribution < -0.4 is 0 Å². The van der Waals surface area contributed by atoms with Gasteiger partial charge in [0.1, 0.15) is 0 Å².